The maximum atomic E-state index is 10.3. The largest absolute Gasteiger partial charge is 0.492 e. The molecule has 0 amide bonds. The van der Waals surface area contributed by atoms with Gasteiger partial charge in [0.2, 0.25) is 0 Å². The second-order valence-corrected chi connectivity index (χ2v) is 11.2. The van der Waals surface area contributed by atoms with Gasteiger partial charge in [-0.05, 0) is 73.9 Å². The van der Waals surface area contributed by atoms with Crippen molar-refractivity contribution in [2.75, 3.05) is 19.1 Å². The fourth-order valence-electron chi connectivity index (χ4n) is 3.41. The maximum Gasteiger partial charge on any atom is 0.133 e. The van der Waals surface area contributed by atoms with Gasteiger partial charge in [-0.15, -0.1) is 16.7 Å². The zero-order valence-corrected chi connectivity index (χ0v) is 24.4. The van der Waals surface area contributed by atoms with Gasteiger partial charge < -0.3 is 19.7 Å². The summed E-state index contributed by atoms with van der Waals surface area (Å²) in [6.07, 6.45) is -0.765. The zero-order chi connectivity index (χ0) is 25.6. The summed E-state index contributed by atoms with van der Waals surface area (Å²) in [4.78, 5) is 0. The first-order valence-corrected chi connectivity index (χ1v) is 13.6. The van der Waals surface area contributed by atoms with Crippen molar-refractivity contribution < 1.29 is 19.7 Å². The van der Waals surface area contributed by atoms with E-state index in [2.05, 4.69) is 59.1 Å². The average molecular weight is 679 g/mol. The molecule has 0 spiro atoms. The van der Waals surface area contributed by atoms with Gasteiger partial charge >= 0.3 is 0 Å². The van der Waals surface area contributed by atoms with E-state index in [9.17, 15) is 10.2 Å². The number of ether oxygens (including phenoxy) is 2. The van der Waals surface area contributed by atoms with E-state index in [1.54, 1.807) is 4.68 Å². The van der Waals surface area contributed by atoms with Gasteiger partial charge in [0.05, 0.1) is 24.2 Å². The minimum Gasteiger partial charge on any atom is -0.492 e. The molecule has 1 heterocycles. The molecule has 0 saturated carbocycles. The van der Waals surface area contributed by atoms with Crippen LogP contribution in [0.1, 0.15) is 37.6 Å². The van der Waals surface area contributed by atoms with Crippen LogP contribution in [0.15, 0.2) is 46.9 Å². The van der Waals surface area contributed by atoms with Crippen LogP contribution in [-0.4, -0.2) is 50.4 Å². The predicted molar refractivity (Wildman–Crippen MR) is 148 cm³/mol. The number of benzene rings is 2. The second kappa shape index (κ2) is 12.7. The van der Waals surface area contributed by atoms with Gasteiger partial charge in [-0.1, -0.05) is 44.2 Å². The number of aliphatic hydroxyl groups is 2. The molecule has 2 atom stereocenters. The topological polar surface area (TPSA) is 89.6 Å². The van der Waals surface area contributed by atoms with Crippen LogP contribution in [0.5, 0.6) is 11.5 Å². The molecule has 1 aromatic heterocycles. The van der Waals surface area contributed by atoms with E-state index in [0.717, 1.165) is 21.3 Å². The van der Waals surface area contributed by atoms with Crippen LogP contribution in [-0.2, 0) is 18.6 Å². The molecule has 3 aromatic rings. The summed E-state index contributed by atoms with van der Waals surface area (Å²) < 4.78 is 14.8. The standard InChI is InChI=1S/C25H30BrClIN3O4/c1-16(11-27)14-35-23-9-6-18(10-21(23)26)25(2,3)17-4-7-20(8-5-17)34-15-19(33)12-31-24(28)22(13-32)29-30-31/h4-10,16,19,32-33H,11-15H2,1-3H3/t16-,19-/m0/s1. The number of rotatable bonds is 12. The van der Waals surface area contributed by atoms with Crippen LogP contribution in [0.4, 0.5) is 0 Å². The molecular weight excluding hydrogens is 649 g/mol. The summed E-state index contributed by atoms with van der Waals surface area (Å²) in [7, 11) is 0. The van der Waals surface area contributed by atoms with Crippen molar-refractivity contribution in [3.05, 3.63) is 67.5 Å². The normalized spacial score (nSPS) is 13.5. The Hall–Kier alpha value is -1.40. The van der Waals surface area contributed by atoms with Crippen LogP contribution < -0.4 is 9.47 Å². The summed E-state index contributed by atoms with van der Waals surface area (Å²) >= 11 is 11.6. The highest BCUT2D eigenvalue weighted by Gasteiger charge is 2.24. The lowest BCUT2D eigenvalue weighted by Gasteiger charge is -2.27. The van der Waals surface area contributed by atoms with Crippen LogP contribution in [0.3, 0.4) is 0 Å². The average Bonchev–Trinajstić information content (AvgIpc) is 3.20. The van der Waals surface area contributed by atoms with E-state index >= 15 is 0 Å². The van der Waals surface area contributed by atoms with E-state index < -0.39 is 6.10 Å². The fraction of sp³-hybridized carbons (Fsp3) is 0.440. The molecule has 0 saturated heterocycles. The number of halogens is 3. The molecule has 35 heavy (non-hydrogen) atoms. The van der Waals surface area contributed by atoms with E-state index in [0.29, 0.717) is 27.6 Å². The van der Waals surface area contributed by atoms with Crippen LogP contribution in [0, 0.1) is 9.62 Å². The smallest absolute Gasteiger partial charge is 0.133 e. The highest BCUT2D eigenvalue weighted by Crippen LogP contribution is 2.36. The van der Waals surface area contributed by atoms with Crippen molar-refractivity contribution in [2.24, 2.45) is 5.92 Å². The monoisotopic (exact) mass is 677 g/mol. The first kappa shape index (κ1) is 28.2. The lowest BCUT2D eigenvalue weighted by molar-refractivity contribution is 0.0881. The molecule has 190 valence electrons. The van der Waals surface area contributed by atoms with E-state index in [4.69, 9.17) is 21.1 Å². The van der Waals surface area contributed by atoms with Crippen molar-refractivity contribution in [1.82, 2.24) is 15.0 Å². The molecule has 0 radical (unpaired) electrons. The maximum absolute atomic E-state index is 10.3. The van der Waals surface area contributed by atoms with E-state index in [1.807, 2.05) is 52.9 Å². The van der Waals surface area contributed by atoms with E-state index in [1.165, 1.54) is 0 Å². The van der Waals surface area contributed by atoms with Gasteiger partial charge in [0.25, 0.3) is 0 Å². The number of aliphatic hydroxyl groups excluding tert-OH is 2. The molecule has 0 fully saturated rings. The number of hydrogen-bond acceptors (Lipinski definition) is 6. The van der Waals surface area contributed by atoms with Gasteiger partial charge in [0.1, 0.15) is 33.6 Å². The Balaban J connectivity index is 1.60. The Morgan fingerprint density at radius 1 is 1.11 bits per heavy atom. The Kier molecular flexibility index (Phi) is 10.2. The van der Waals surface area contributed by atoms with Crippen molar-refractivity contribution in [2.45, 2.75) is 45.4 Å². The summed E-state index contributed by atoms with van der Waals surface area (Å²) in [6, 6.07) is 14.1. The molecule has 0 aliphatic carbocycles. The van der Waals surface area contributed by atoms with Gasteiger partial charge in [0, 0.05) is 17.2 Å². The number of hydrogen-bond donors (Lipinski definition) is 2. The lowest BCUT2D eigenvalue weighted by Crippen LogP contribution is -2.25. The molecular formula is C25H30BrClIN3O4. The number of aromatic nitrogens is 3. The Labute approximate surface area is 233 Å². The highest BCUT2D eigenvalue weighted by molar-refractivity contribution is 14.1. The molecule has 10 heteroatoms. The van der Waals surface area contributed by atoms with Crippen LogP contribution in [0.25, 0.3) is 0 Å². The molecule has 2 N–H and O–H groups in total. The third-order valence-corrected chi connectivity index (χ3v) is 8.06. The minimum absolute atomic E-state index is 0.115. The second-order valence-electron chi connectivity index (χ2n) is 9.00. The summed E-state index contributed by atoms with van der Waals surface area (Å²) in [6.45, 7) is 7.13. The quantitative estimate of drug-likeness (QED) is 0.204. The third-order valence-electron chi connectivity index (χ3n) is 5.73. The minimum atomic E-state index is -0.765. The molecule has 7 nitrogen and oxygen atoms in total. The molecule has 0 unspecified atom stereocenters. The molecule has 0 aliphatic heterocycles. The number of alkyl halides is 1. The SMILES string of the molecule is C[C@@H](CCl)COc1ccc(C(C)(C)c2ccc(OC[C@@H](O)Cn3nnc(CO)c3I)cc2)cc1Br. The van der Waals surface area contributed by atoms with Crippen molar-refractivity contribution in [1.29, 1.82) is 0 Å². The third kappa shape index (κ3) is 7.31. The van der Waals surface area contributed by atoms with Crippen molar-refractivity contribution in [3.63, 3.8) is 0 Å². The van der Waals surface area contributed by atoms with Crippen molar-refractivity contribution in [3.8, 4) is 11.5 Å². The summed E-state index contributed by atoms with van der Waals surface area (Å²) in [5.41, 5.74) is 2.54. The first-order valence-electron chi connectivity index (χ1n) is 11.2. The predicted octanol–water partition coefficient (Wildman–Crippen LogP) is 5.16. The molecule has 0 aliphatic rings. The van der Waals surface area contributed by atoms with E-state index in [-0.39, 0.29) is 31.1 Å². The van der Waals surface area contributed by atoms with Gasteiger partial charge in [-0.2, -0.15) is 0 Å². The van der Waals surface area contributed by atoms with Gasteiger partial charge in [0.15, 0.2) is 0 Å². The van der Waals surface area contributed by atoms with Gasteiger partial charge in [-0.25, -0.2) is 4.68 Å². The van der Waals surface area contributed by atoms with Crippen LogP contribution >= 0.6 is 50.1 Å². The fourth-order valence-corrected chi connectivity index (χ4v) is 4.57. The lowest BCUT2D eigenvalue weighted by atomic mass is 9.78. The van der Waals surface area contributed by atoms with Gasteiger partial charge in [-0.3, -0.25) is 0 Å². The molecule has 0 bridgehead atoms. The summed E-state index contributed by atoms with van der Waals surface area (Å²) in [5, 5.41) is 27.4. The Morgan fingerprint density at radius 3 is 2.40 bits per heavy atom. The Bertz CT molecular complexity index is 1110. The summed E-state index contributed by atoms with van der Waals surface area (Å²) in [5.74, 6) is 2.32. The number of nitrogens with zero attached hydrogens (tertiary/aromatic N) is 3. The Morgan fingerprint density at radius 2 is 1.80 bits per heavy atom. The van der Waals surface area contributed by atoms with Crippen molar-refractivity contribution >= 4 is 50.1 Å². The highest BCUT2D eigenvalue weighted by atomic mass is 127. The first-order chi connectivity index (χ1) is 16.6. The molecule has 3 rings (SSSR count). The van der Waals surface area contributed by atoms with Crippen LogP contribution in [0.2, 0.25) is 0 Å². The zero-order valence-electron chi connectivity index (χ0n) is 19.9. The molecule has 2 aromatic carbocycles.